The molecule has 20 heavy (non-hydrogen) atoms. The van der Waals surface area contributed by atoms with E-state index in [0.717, 1.165) is 22.4 Å². The second-order valence-corrected chi connectivity index (χ2v) is 4.57. The summed E-state index contributed by atoms with van der Waals surface area (Å²) in [7, 11) is 1.60. The van der Waals surface area contributed by atoms with Crippen molar-refractivity contribution < 1.29 is 13.9 Å². The van der Waals surface area contributed by atoms with Gasteiger partial charge in [0.2, 0.25) is 0 Å². The number of hydrogen-bond acceptors (Lipinski definition) is 3. The summed E-state index contributed by atoms with van der Waals surface area (Å²) in [6, 6.07) is 10.5. The Morgan fingerprint density at radius 3 is 2.50 bits per heavy atom. The Balaban J connectivity index is 2.14. The maximum absolute atomic E-state index is 13.8. The summed E-state index contributed by atoms with van der Waals surface area (Å²) >= 11 is 0. The van der Waals surface area contributed by atoms with E-state index < -0.39 is 5.82 Å². The second-order valence-electron chi connectivity index (χ2n) is 4.57. The Labute approximate surface area is 118 Å². The fraction of sp³-hybridized carbons (Fsp3) is 0.250. The summed E-state index contributed by atoms with van der Waals surface area (Å²) in [5.74, 6) is 0.542. The zero-order valence-electron chi connectivity index (χ0n) is 11.7. The monoisotopic (exact) mass is 275 g/mol. The summed E-state index contributed by atoms with van der Waals surface area (Å²) < 4.78 is 24.6. The predicted octanol–water partition coefficient (Wildman–Crippen LogP) is 3.18. The lowest BCUT2D eigenvalue weighted by Crippen LogP contribution is -2.02. The molecule has 0 amide bonds. The molecule has 2 aromatic carbocycles. The zero-order valence-corrected chi connectivity index (χ0v) is 11.7. The van der Waals surface area contributed by atoms with Gasteiger partial charge >= 0.3 is 0 Å². The van der Waals surface area contributed by atoms with Crippen LogP contribution >= 0.6 is 0 Å². The van der Waals surface area contributed by atoms with Crippen molar-refractivity contribution in [3.05, 3.63) is 58.9 Å². The topological polar surface area (TPSA) is 44.5 Å². The highest BCUT2D eigenvalue weighted by Crippen LogP contribution is 2.24. The fourth-order valence-electron chi connectivity index (χ4n) is 1.96. The Morgan fingerprint density at radius 2 is 1.85 bits per heavy atom. The van der Waals surface area contributed by atoms with E-state index in [4.69, 9.17) is 15.2 Å². The molecule has 3 nitrogen and oxygen atoms in total. The van der Waals surface area contributed by atoms with Crippen LogP contribution in [0.1, 0.15) is 16.7 Å². The largest absolute Gasteiger partial charge is 0.496 e. The molecule has 0 bridgehead atoms. The molecule has 0 spiro atoms. The number of benzene rings is 2. The molecule has 0 heterocycles. The molecule has 2 aromatic rings. The third-order valence-electron chi connectivity index (χ3n) is 3.05. The smallest absolute Gasteiger partial charge is 0.165 e. The van der Waals surface area contributed by atoms with Gasteiger partial charge in [-0.15, -0.1) is 0 Å². The van der Waals surface area contributed by atoms with Crippen LogP contribution in [0.4, 0.5) is 4.39 Å². The highest BCUT2D eigenvalue weighted by molar-refractivity contribution is 5.37. The average Bonchev–Trinajstić information content (AvgIpc) is 2.46. The zero-order chi connectivity index (χ0) is 14.5. The van der Waals surface area contributed by atoms with Crippen LogP contribution in [0.3, 0.4) is 0 Å². The molecular formula is C16H18FNO2. The highest BCUT2D eigenvalue weighted by Gasteiger charge is 2.08. The number of ether oxygens (including phenoxy) is 2. The van der Waals surface area contributed by atoms with Gasteiger partial charge in [0.1, 0.15) is 12.4 Å². The second kappa shape index (κ2) is 6.39. The molecule has 106 valence electrons. The van der Waals surface area contributed by atoms with Crippen LogP contribution in [0.15, 0.2) is 36.4 Å². The van der Waals surface area contributed by atoms with Crippen LogP contribution < -0.4 is 15.2 Å². The van der Waals surface area contributed by atoms with Gasteiger partial charge in [-0.05, 0) is 36.8 Å². The van der Waals surface area contributed by atoms with Crippen LogP contribution in [-0.2, 0) is 13.2 Å². The third kappa shape index (κ3) is 3.27. The van der Waals surface area contributed by atoms with E-state index in [1.165, 1.54) is 6.07 Å². The molecule has 0 aliphatic rings. The number of nitrogens with two attached hydrogens (primary N) is 1. The maximum Gasteiger partial charge on any atom is 0.165 e. The normalized spacial score (nSPS) is 10.4. The van der Waals surface area contributed by atoms with Crippen LogP contribution in [0.2, 0.25) is 0 Å². The fourth-order valence-corrected chi connectivity index (χ4v) is 1.96. The van der Waals surface area contributed by atoms with Gasteiger partial charge < -0.3 is 15.2 Å². The minimum Gasteiger partial charge on any atom is -0.496 e. The minimum absolute atomic E-state index is 0.214. The highest BCUT2D eigenvalue weighted by atomic mass is 19.1. The van der Waals surface area contributed by atoms with Crippen molar-refractivity contribution in [2.24, 2.45) is 5.73 Å². The van der Waals surface area contributed by atoms with Crippen molar-refractivity contribution >= 4 is 0 Å². The van der Waals surface area contributed by atoms with Crippen LogP contribution in [-0.4, -0.2) is 7.11 Å². The number of rotatable bonds is 5. The lowest BCUT2D eigenvalue weighted by atomic mass is 10.1. The maximum atomic E-state index is 13.8. The molecule has 0 aliphatic carbocycles. The van der Waals surface area contributed by atoms with Crippen LogP contribution in [0.25, 0.3) is 0 Å². The summed E-state index contributed by atoms with van der Waals surface area (Å²) in [6.07, 6.45) is 0. The van der Waals surface area contributed by atoms with Crippen molar-refractivity contribution in [3.63, 3.8) is 0 Å². The summed E-state index contributed by atoms with van der Waals surface area (Å²) in [5.41, 5.74) is 8.19. The molecule has 0 saturated carbocycles. The van der Waals surface area contributed by atoms with Crippen LogP contribution in [0.5, 0.6) is 11.5 Å². The van der Waals surface area contributed by atoms with Crippen molar-refractivity contribution in [1.82, 2.24) is 0 Å². The lowest BCUT2D eigenvalue weighted by Gasteiger charge is -2.12. The van der Waals surface area contributed by atoms with E-state index in [2.05, 4.69) is 0 Å². The molecule has 0 aliphatic heterocycles. The molecule has 0 saturated heterocycles. The van der Waals surface area contributed by atoms with Crippen LogP contribution in [0, 0.1) is 12.7 Å². The van der Waals surface area contributed by atoms with Gasteiger partial charge in [-0.25, -0.2) is 4.39 Å². The van der Waals surface area contributed by atoms with E-state index in [-0.39, 0.29) is 12.4 Å². The van der Waals surface area contributed by atoms with Gasteiger partial charge in [0.15, 0.2) is 11.6 Å². The molecule has 0 atom stereocenters. The summed E-state index contributed by atoms with van der Waals surface area (Å²) in [4.78, 5) is 0. The molecule has 2 N–H and O–H groups in total. The van der Waals surface area contributed by atoms with Gasteiger partial charge in [-0.2, -0.15) is 0 Å². The van der Waals surface area contributed by atoms with Crippen molar-refractivity contribution in [3.8, 4) is 11.5 Å². The number of hydrogen-bond donors (Lipinski definition) is 1. The Hall–Kier alpha value is -2.07. The average molecular weight is 275 g/mol. The Morgan fingerprint density at radius 1 is 1.10 bits per heavy atom. The summed E-state index contributed by atoms with van der Waals surface area (Å²) in [6.45, 7) is 2.55. The first-order valence-corrected chi connectivity index (χ1v) is 6.39. The van der Waals surface area contributed by atoms with E-state index in [9.17, 15) is 4.39 Å². The third-order valence-corrected chi connectivity index (χ3v) is 3.05. The Bertz CT molecular complexity index is 599. The lowest BCUT2D eigenvalue weighted by molar-refractivity contribution is 0.282. The van der Waals surface area contributed by atoms with E-state index in [1.54, 1.807) is 19.2 Å². The first-order chi connectivity index (χ1) is 9.63. The standard InChI is InChI=1S/C16H18FNO2/c1-11-3-5-15(19-2)13(7-11)10-20-16-6-4-12(9-18)8-14(16)17/h3-8H,9-10,18H2,1-2H3. The number of halogens is 1. The van der Waals surface area contributed by atoms with Gasteiger partial charge in [0.05, 0.1) is 7.11 Å². The molecule has 0 radical (unpaired) electrons. The molecular weight excluding hydrogens is 257 g/mol. The molecule has 0 unspecified atom stereocenters. The first kappa shape index (κ1) is 14.3. The SMILES string of the molecule is COc1ccc(C)cc1COc1ccc(CN)cc1F. The van der Waals surface area contributed by atoms with Gasteiger partial charge in [0.25, 0.3) is 0 Å². The van der Waals surface area contributed by atoms with Crippen molar-refractivity contribution in [2.75, 3.05) is 7.11 Å². The van der Waals surface area contributed by atoms with E-state index >= 15 is 0 Å². The van der Waals surface area contributed by atoms with Gasteiger partial charge in [-0.3, -0.25) is 0 Å². The quantitative estimate of drug-likeness (QED) is 0.911. The number of aryl methyl sites for hydroxylation is 1. The van der Waals surface area contributed by atoms with E-state index in [0.29, 0.717) is 6.54 Å². The van der Waals surface area contributed by atoms with Crippen molar-refractivity contribution in [1.29, 1.82) is 0 Å². The Kier molecular flexibility index (Phi) is 4.58. The van der Waals surface area contributed by atoms with Gasteiger partial charge in [-0.1, -0.05) is 17.7 Å². The van der Waals surface area contributed by atoms with Gasteiger partial charge in [0, 0.05) is 12.1 Å². The first-order valence-electron chi connectivity index (χ1n) is 6.39. The molecule has 0 aromatic heterocycles. The van der Waals surface area contributed by atoms with E-state index in [1.807, 2.05) is 25.1 Å². The minimum atomic E-state index is -0.403. The molecule has 4 heteroatoms. The number of methoxy groups -OCH3 is 1. The predicted molar refractivity (Wildman–Crippen MR) is 76.4 cm³/mol. The molecule has 2 rings (SSSR count). The molecule has 0 fully saturated rings. The van der Waals surface area contributed by atoms with Crippen molar-refractivity contribution in [2.45, 2.75) is 20.1 Å². The summed E-state index contributed by atoms with van der Waals surface area (Å²) in [5, 5.41) is 0.